The van der Waals surface area contributed by atoms with Gasteiger partial charge in [0.05, 0.1) is 0 Å². The maximum Gasteiger partial charge on any atom is 0.251 e. The number of benzene rings is 1. The van der Waals surface area contributed by atoms with Crippen LogP contribution in [0.4, 0.5) is 0 Å². The third kappa shape index (κ3) is 4.06. The van der Waals surface area contributed by atoms with Crippen LogP contribution < -0.4 is 10.6 Å². The van der Waals surface area contributed by atoms with E-state index in [1.54, 1.807) is 0 Å². The predicted molar refractivity (Wildman–Crippen MR) is 85.9 cm³/mol. The standard InChI is InChI=1S/C16H23BrN2O/c1-15(2)9-13(10-16(3,4)19-15)18-14(20)11-6-5-7-12(17)8-11/h5-8,13,19H,9-10H2,1-4H3,(H,18,20). The second kappa shape index (κ2) is 5.49. The molecule has 0 spiro atoms. The summed E-state index contributed by atoms with van der Waals surface area (Å²) in [4.78, 5) is 12.3. The Morgan fingerprint density at radius 1 is 1.25 bits per heavy atom. The van der Waals surface area contributed by atoms with Crippen LogP contribution in [0.25, 0.3) is 0 Å². The Morgan fingerprint density at radius 3 is 2.40 bits per heavy atom. The molecule has 4 heteroatoms. The SMILES string of the molecule is CC1(C)CC(NC(=O)c2cccc(Br)c2)CC(C)(C)N1. The van der Waals surface area contributed by atoms with E-state index in [-0.39, 0.29) is 23.0 Å². The lowest BCUT2D eigenvalue weighted by Crippen LogP contribution is -2.62. The highest BCUT2D eigenvalue weighted by atomic mass is 79.9. The van der Waals surface area contributed by atoms with E-state index in [2.05, 4.69) is 54.3 Å². The van der Waals surface area contributed by atoms with Gasteiger partial charge in [0.2, 0.25) is 0 Å². The molecule has 0 radical (unpaired) electrons. The number of hydrogen-bond acceptors (Lipinski definition) is 2. The van der Waals surface area contributed by atoms with E-state index in [0.29, 0.717) is 5.56 Å². The van der Waals surface area contributed by atoms with Crippen LogP contribution in [0.2, 0.25) is 0 Å². The minimum absolute atomic E-state index is 0.00444. The Labute approximate surface area is 129 Å². The Hall–Kier alpha value is -0.870. The van der Waals surface area contributed by atoms with Crippen LogP contribution in [0.5, 0.6) is 0 Å². The van der Waals surface area contributed by atoms with Crippen LogP contribution in [0.15, 0.2) is 28.7 Å². The summed E-state index contributed by atoms with van der Waals surface area (Å²) in [5.41, 5.74) is 0.780. The fourth-order valence-electron chi connectivity index (χ4n) is 3.32. The monoisotopic (exact) mass is 338 g/mol. The molecule has 2 rings (SSSR count). The van der Waals surface area contributed by atoms with Gasteiger partial charge in [-0.05, 0) is 58.7 Å². The lowest BCUT2D eigenvalue weighted by atomic mass is 9.79. The highest BCUT2D eigenvalue weighted by molar-refractivity contribution is 9.10. The molecular formula is C16H23BrN2O. The molecule has 0 aliphatic carbocycles. The first-order valence-corrected chi connectivity index (χ1v) is 7.82. The maximum atomic E-state index is 12.3. The fourth-order valence-corrected chi connectivity index (χ4v) is 3.72. The van der Waals surface area contributed by atoms with Gasteiger partial charge in [0.15, 0.2) is 0 Å². The van der Waals surface area contributed by atoms with Crippen LogP contribution in [0.3, 0.4) is 0 Å². The summed E-state index contributed by atoms with van der Waals surface area (Å²) in [7, 11) is 0. The molecule has 2 N–H and O–H groups in total. The summed E-state index contributed by atoms with van der Waals surface area (Å²) >= 11 is 3.40. The van der Waals surface area contributed by atoms with Gasteiger partial charge in [0.25, 0.3) is 5.91 Å². The van der Waals surface area contributed by atoms with Crippen molar-refractivity contribution >= 4 is 21.8 Å². The van der Waals surface area contributed by atoms with Crippen LogP contribution in [0.1, 0.15) is 50.9 Å². The van der Waals surface area contributed by atoms with Gasteiger partial charge in [-0.25, -0.2) is 0 Å². The van der Waals surface area contributed by atoms with Crippen LogP contribution in [-0.4, -0.2) is 23.0 Å². The number of hydrogen-bond donors (Lipinski definition) is 2. The molecule has 0 aromatic heterocycles. The van der Waals surface area contributed by atoms with E-state index in [9.17, 15) is 4.79 Å². The lowest BCUT2D eigenvalue weighted by Gasteiger charge is -2.46. The Kier molecular flexibility index (Phi) is 4.26. The molecule has 1 amide bonds. The second-order valence-corrected chi connectivity index (χ2v) is 7.90. The minimum atomic E-state index is 0.00444. The molecule has 1 fully saturated rings. The third-order valence-electron chi connectivity index (χ3n) is 3.61. The Balaban J connectivity index is 2.08. The molecule has 0 atom stereocenters. The molecular weight excluding hydrogens is 316 g/mol. The molecule has 1 aliphatic heterocycles. The van der Waals surface area contributed by atoms with Gasteiger partial charge in [-0.15, -0.1) is 0 Å². The van der Waals surface area contributed by atoms with Crippen molar-refractivity contribution < 1.29 is 4.79 Å². The van der Waals surface area contributed by atoms with E-state index >= 15 is 0 Å². The minimum Gasteiger partial charge on any atom is -0.349 e. The maximum absolute atomic E-state index is 12.3. The smallest absolute Gasteiger partial charge is 0.251 e. The van der Waals surface area contributed by atoms with Crippen molar-refractivity contribution in [3.63, 3.8) is 0 Å². The van der Waals surface area contributed by atoms with Crippen molar-refractivity contribution in [2.45, 2.75) is 57.7 Å². The summed E-state index contributed by atoms with van der Waals surface area (Å²) < 4.78 is 0.927. The van der Waals surface area contributed by atoms with Crippen molar-refractivity contribution in [3.8, 4) is 0 Å². The van der Waals surface area contributed by atoms with Crippen molar-refractivity contribution in [1.82, 2.24) is 10.6 Å². The molecule has 1 saturated heterocycles. The molecule has 3 nitrogen and oxygen atoms in total. The molecule has 0 bridgehead atoms. The largest absolute Gasteiger partial charge is 0.349 e. The van der Waals surface area contributed by atoms with Crippen LogP contribution in [0, 0.1) is 0 Å². The summed E-state index contributed by atoms with van der Waals surface area (Å²) in [6.07, 6.45) is 1.88. The summed E-state index contributed by atoms with van der Waals surface area (Å²) in [5.74, 6) is 0.00444. The van der Waals surface area contributed by atoms with Crippen LogP contribution >= 0.6 is 15.9 Å². The van der Waals surface area contributed by atoms with Gasteiger partial charge in [0, 0.05) is 27.2 Å². The van der Waals surface area contributed by atoms with Crippen molar-refractivity contribution in [3.05, 3.63) is 34.3 Å². The second-order valence-electron chi connectivity index (χ2n) is 6.98. The molecule has 1 aromatic rings. The number of nitrogens with one attached hydrogen (secondary N) is 2. The normalized spacial score (nSPS) is 21.4. The molecule has 0 unspecified atom stereocenters. The number of piperidine rings is 1. The van der Waals surface area contributed by atoms with E-state index in [1.165, 1.54) is 0 Å². The summed E-state index contributed by atoms with van der Waals surface area (Å²) in [5, 5.41) is 6.80. The molecule has 1 aliphatic rings. The first-order chi connectivity index (χ1) is 9.17. The van der Waals surface area contributed by atoms with Gasteiger partial charge < -0.3 is 10.6 Å². The quantitative estimate of drug-likeness (QED) is 0.866. The first kappa shape index (κ1) is 15.5. The third-order valence-corrected chi connectivity index (χ3v) is 4.11. The van der Waals surface area contributed by atoms with Crippen molar-refractivity contribution in [2.75, 3.05) is 0 Å². The highest BCUT2D eigenvalue weighted by Gasteiger charge is 2.38. The summed E-state index contributed by atoms with van der Waals surface area (Å²) in [6.45, 7) is 8.75. The van der Waals surface area contributed by atoms with Crippen molar-refractivity contribution in [2.24, 2.45) is 0 Å². The number of carbonyl (C=O) groups excluding carboxylic acids is 1. The zero-order valence-corrected chi connectivity index (χ0v) is 14.2. The topological polar surface area (TPSA) is 41.1 Å². The Bertz CT molecular complexity index is 495. The zero-order valence-electron chi connectivity index (χ0n) is 12.6. The van der Waals surface area contributed by atoms with Gasteiger partial charge >= 0.3 is 0 Å². The van der Waals surface area contributed by atoms with Gasteiger partial charge in [-0.1, -0.05) is 22.0 Å². The summed E-state index contributed by atoms with van der Waals surface area (Å²) in [6, 6.07) is 7.71. The van der Waals surface area contributed by atoms with Gasteiger partial charge in [-0.2, -0.15) is 0 Å². The Morgan fingerprint density at radius 2 is 1.85 bits per heavy atom. The lowest BCUT2D eigenvalue weighted by molar-refractivity contribution is 0.0873. The average Bonchev–Trinajstić information content (AvgIpc) is 2.24. The van der Waals surface area contributed by atoms with E-state index in [1.807, 2.05) is 24.3 Å². The zero-order chi connectivity index (χ0) is 15.0. The highest BCUT2D eigenvalue weighted by Crippen LogP contribution is 2.28. The number of amides is 1. The van der Waals surface area contributed by atoms with Gasteiger partial charge in [0.1, 0.15) is 0 Å². The number of carbonyl (C=O) groups is 1. The van der Waals surface area contributed by atoms with E-state index in [0.717, 1.165) is 17.3 Å². The van der Waals surface area contributed by atoms with Gasteiger partial charge in [-0.3, -0.25) is 4.79 Å². The first-order valence-electron chi connectivity index (χ1n) is 7.03. The van der Waals surface area contributed by atoms with E-state index < -0.39 is 0 Å². The molecule has 0 saturated carbocycles. The number of rotatable bonds is 2. The molecule has 1 heterocycles. The molecule has 110 valence electrons. The molecule has 1 aromatic carbocycles. The average molecular weight is 339 g/mol. The predicted octanol–water partition coefficient (Wildman–Crippen LogP) is 3.49. The number of halogens is 1. The van der Waals surface area contributed by atoms with E-state index in [4.69, 9.17) is 0 Å². The fraction of sp³-hybridized carbons (Fsp3) is 0.562. The van der Waals surface area contributed by atoms with Crippen LogP contribution in [-0.2, 0) is 0 Å². The van der Waals surface area contributed by atoms with Crippen molar-refractivity contribution in [1.29, 1.82) is 0 Å². The molecule has 20 heavy (non-hydrogen) atoms.